The minimum absolute atomic E-state index is 0.201. The Morgan fingerprint density at radius 3 is 1.95 bits per heavy atom. The topological polar surface area (TPSA) is 29.1 Å². The number of aryl methyl sites for hydroxylation is 2. The maximum Gasteiger partial charge on any atom is 0.285 e. The summed E-state index contributed by atoms with van der Waals surface area (Å²) in [5, 5.41) is 3.23. The fraction of sp³-hybridized carbons (Fsp3) is 0.611. The minimum atomic E-state index is -0.201. The number of nitrogens with zero attached hydrogens (tertiary/aromatic N) is 1. The minimum Gasteiger partial charge on any atom is -0.320 e. The number of rotatable bonds is 6. The summed E-state index contributed by atoms with van der Waals surface area (Å²) in [6.45, 7) is 13.8. The first kappa shape index (κ1) is 16.0. The van der Waals surface area contributed by atoms with Crippen LogP contribution in [0.5, 0.6) is 0 Å². The van der Waals surface area contributed by atoms with Crippen molar-refractivity contribution < 1.29 is 9.28 Å². The third-order valence-corrected chi connectivity index (χ3v) is 5.59. The van der Waals surface area contributed by atoms with E-state index in [0.717, 1.165) is 53.8 Å². The van der Waals surface area contributed by atoms with Gasteiger partial charge in [0.2, 0.25) is 0 Å². The monoisotopic (exact) mass is 289 g/mol. The molecule has 1 aliphatic carbocycles. The summed E-state index contributed by atoms with van der Waals surface area (Å²) >= 11 is 0. The zero-order chi connectivity index (χ0) is 15.7. The molecule has 0 atom stereocenters. The lowest BCUT2D eigenvalue weighted by Crippen LogP contribution is -2.61. The largest absolute Gasteiger partial charge is 0.320 e. The second-order valence-electron chi connectivity index (χ2n) is 6.35. The Bertz CT molecular complexity index is 500. The van der Waals surface area contributed by atoms with Crippen LogP contribution in [0.4, 0.5) is 5.69 Å². The van der Waals surface area contributed by atoms with Gasteiger partial charge in [0.05, 0.1) is 19.6 Å². The Hall–Kier alpha value is -1.35. The van der Waals surface area contributed by atoms with E-state index in [0.29, 0.717) is 0 Å². The molecular weight excluding hydrogens is 260 g/mol. The fourth-order valence-corrected chi connectivity index (χ4v) is 3.86. The van der Waals surface area contributed by atoms with Crippen molar-refractivity contribution in [3.8, 4) is 0 Å². The van der Waals surface area contributed by atoms with Crippen LogP contribution in [-0.4, -0.2) is 35.6 Å². The van der Waals surface area contributed by atoms with E-state index in [2.05, 4.69) is 52.1 Å². The van der Waals surface area contributed by atoms with Crippen LogP contribution in [0, 0.1) is 13.8 Å². The molecule has 1 aromatic rings. The Morgan fingerprint density at radius 2 is 1.57 bits per heavy atom. The van der Waals surface area contributed by atoms with Gasteiger partial charge in [-0.05, 0) is 45.7 Å². The quantitative estimate of drug-likeness (QED) is 0.796. The van der Waals surface area contributed by atoms with Gasteiger partial charge >= 0.3 is 0 Å². The first-order valence-corrected chi connectivity index (χ1v) is 8.20. The Morgan fingerprint density at radius 1 is 1.10 bits per heavy atom. The van der Waals surface area contributed by atoms with Crippen LogP contribution in [0.2, 0.25) is 0 Å². The van der Waals surface area contributed by atoms with E-state index in [-0.39, 0.29) is 11.4 Å². The molecule has 0 heterocycles. The molecule has 0 saturated heterocycles. The van der Waals surface area contributed by atoms with E-state index in [4.69, 9.17) is 0 Å². The first-order chi connectivity index (χ1) is 9.96. The maximum atomic E-state index is 13.0. The van der Waals surface area contributed by atoms with Crippen molar-refractivity contribution in [1.82, 2.24) is 0 Å². The molecule has 0 radical (unpaired) electrons. The van der Waals surface area contributed by atoms with Gasteiger partial charge in [-0.15, -0.1) is 0 Å². The predicted octanol–water partition coefficient (Wildman–Crippen LogP) is 3.65. The summed E-state index contributed by atoms with van der Waals surface area (Å²) in [7, 11) is 0. The number of carbonyl (C=O) groups is 1. The molecule has 0 aromatic heterocycles. The number of benzene rings is 1. The zero-order valence-corrected chi connectivity index (χ0v) is 14.1. The summed E-state index contributed by atoms with van der Waals surface area (Å²) in [5.41, 5.74) is 3.08. The van der Waals surface area contributed by atoms with E-state index in [9.17, 15) is 4.79 Å². The van der Waals surface area contributed by atoms with Crippen LogP contribution in [0.3, 0.4) is 0 Å². The van der Waals surface area contributed by atoms with Crippen LogP contribution >= 0.6 is 0 Å². The molecule has 0 spiro atoms. The van der Waals surface area contributed by atoms with Crippen molar-refractivity contribution >= 4 is 11.6 Å². The van der Waals surface area contributed by atoms with Crippen molar-refractivity contribution in [3.63, 3.8) is 0 Å². The summed E-state index contributed by atoms with van der Waals surface area (Å²) in [6, 6.07) is 6.16. The number of likely N-dealkylation sites (N-methyl/N-ethyl adjacent to an activating group) is 1. The standard InChI is InChI=1S/C18H28N2O/c1-6-20(7-2,8-3)18(12-13-18)17(21)19-16-14(4)10-9-11-15(16)5/h9-11H,6-8,12-13H2,1-5H3/p+1. The van der Waals surface area contributed by atoms with E-state index in [1.54, 1.807) is 0 Å². The highest BCUT2D eigenvalue weighted by Gasteiger charge is 2.64. The molecule has 3 nitrogen and oxygen atoms in total. The molecule has 116 valence electrons. The second-order valence-corrected chi connectivity index (χ2v) is 6.35. The summed E-state index contributed by atoms with van der Waals surface area (Å²) in [4.78, 5) is 13.0. The smallest absolute Gasteiger partial charge is 0.285 e. The van der Waals surface area contributed by atoms with Gasteiger partial charge in [0.1, 0.15) is 0 Å². The van der Waals surface area contributed by atoms with Crippen LogP contribution in [0.1, 0.15) is 44.7 Å². The van der Waals surface area contributed by atoms with Crippen molar-refractivity contribution in [2.75, 3.05) is 25.0 Å². The average Bonchev–Trinajstić information content (AvgIpc) is 3.27. The molecular formula is C18H29N2O+. The van der Waals surface area contributed by atoms with Crippen LogP contribution in [0.15, 0.2) is 18.2 Å². The van der Waals surface area contributed by atoms with Crippen molar-refractivity contribution in [3.05, 3.63) is 29.3 Å². The van der Waals surface area contributed by atoms with Gasteiger partial charge in [-0.25, -0.2) is 0 Å². The molecule has 1 fully saturated rings. The van der Waals surface area contributed by atoms with Crippen molar-refractivity contribution in [2.24, 2.45) is 0 Å². The fourth-order valence-electron chi connectivity index (χ4n) is 3.86. The SMILES string of the molecule is CC[N+](CC)(CC)C1(C(=O)Nc2c(C)cccc2C)CC1. The Labute approximate surface area is 128 Å². The van der Waals surface area contributed by atoms with E-state index in [1.165, 1.54) is 0 Å². The zero-order valence-electron chi connectivity index (χ0n) is 14.1. The van der Waals surface area contributed by atoms with Gasteiger partial charge in [-0.1, -0.05) is 18.2 Å². The van der Waals surface area contributed by atoms with Gasteiger partial charge in [0, 0.05) is 18.5 Å². The van der Waals surface area contributed by atoms with Crippen LogP contribution in [-0.2, 0) is 4.79 Å². The lowest BCUT2D eigenvalue weighted by Gasteiger charge is -2.43. The number of quaternary nitrogens is 1. The average molecular weight is 289 g/mol. The molecule has 1 saturated carbocycles. The van der Waals surface area contributed by atoms with E-state index < -0.39 is 0 Å². The normalized spacial score (nSPS) is 16.6. The number of hydrogen-bond donors (Lipinski definition) is 1. The molecule has 0 bridgehead atoms. The van der Waals surface area contributed by atoms with Crippen LogP contribution in [0.25, 0.3) is 0 Å². The maximum absolute atomic E-state index is 13.0. The number of amides is 1. The molecule has 0 aliphatic heterocycles. The van der Waals surface area contributed by atoms with Gasteiger partial charge in [0.25, 0.3) is 5.91 Å². The van der Waals surface area contributed by atoms with Gasteiger partial charge in [0.15, 0.2) is 5.54 Å². The van der Waals surface area contributed by atoms with Crippen molar-refractivity contribution in [2.45, 2.75) is 53.0 Å². The highest BCUT2D eigenvalue weighted by atomic mass is 16.2. The molecule has 0 unspecified atom stereocenters. The molecule has 1 amide bonds. The predicted molar refractivity (Wildman–Crippen MR) is 88.4 cm³/mol. The number of carbonyl (C=O) groups excluding carboxylic acids is 1. The van der Waals surface area contributed by atoms with Crippen LogP contribution < -0.4 is 5.32 Å². The van der Waals surface area contributed by atoms with E-state index in [1.807, 2.05) is 6.07 Å². The second kappa shape index (κ2) is 5.80. The molecule has 1 aliphatic rings. The molecule has 1 N–H and O–H groups in total. The summed E-state index contributed by atoms with van der Waals surface area (Å²) < 4.78 is 0.907. The summed E-state index contributed by atoms with van der Waals surface area (Å²) in [6.07, 6.45) is 2.03. The lowest BCUT2D eigenvalue weighted by atomic mass is 10.1. The first-order valence-electron chi connectivity index (χ1n) is 8.20. The Balaban J connectivity index is 2.28. The van der Waals surface area contributed by atoms with Crippen molar-refractivity contribution in [1.29, 1.82) is 0 Å². The highest BCUT2D eigenvalue weighted by molar-refractivity contribution is 6.00. The molecule has 21 heavy (non-hydrogen) atoms. The highest BCUT2D eigenvalue weighted by Crippen LogP contribution is 2.48. The number of nitrogens with one attached hydrogen (secondary N) is 1. The molecule has 3 heteroatoms. The number of para-hydroxylation sites is 1. The third-order valence-electron chi connectivity index (χ3n) is 5.59. The molecule has 2 rings (SSSR count). The van der Waals surface area contributed by atoms with Gasteiger partial charge < -0.3 is 9.80 Å². The Kier molecular flexibility index (Phi) is 4.43. The van der Waals surface area contributed by atoms with Gasteiger partial charge in [-0.2, -0.15) is 0 Å². The third kappa shape index (κ3) is 2.48. The van der Waals surface area contributed by atoms with E-state index >= 15 is 0 Å². The lowest BCUT2D eigenvalue weighted by molar-refractivity contribution is -0.947. The van der Waals surface area contributed by atoms with Gasteiger partial charge in [-0.3, -0.25) is 4.79 Å². The number of hydrogen-bond acceptors (Lipinski definition) is 1. The molecule has 1 aromatic carbocycles. The summed E-state index contributed by atoms with van der Waals surface area (Å²) in [5.74, 6) is 0.213. The number of anilines is 1.